The van der Waals surface area contributed by atoms with Crippen LogP contribution < -0.4 is 31.6 Å². The number of benzene rings is 2. The van der Waals surface area contributed by atoms with Crippen LogP contribution in [0.15, 0.2) is 57.7 Å². The van der Waals surface area contributed by atoms with Crippen LogP contribution in [-0.2, 0) is 0 Å². The zero-order valence-electron chi connectivity index (χ0n) is 11.2. The molecule has 106 valence electrons. The van der Waals surface area contributed by atoms with E-state index in [1.807, 2.05) is 30.3 Å². The zero-order chi connectivity index (χ0) is 14.8. The van der Waals surface area contributed by atoms with Gasteiger partial charge in [-0.15, -0.1) is 0 Å². The Morgan fingerprint density at radius 1 is 1.14 bits per heavy atom. The molecule has 0 fully saturated rings. The van der Waals surface area contributed by atoms with Crippen LogP contribution in [0, 0.1) is 7.14 Å². The van der Waals surface area contributed by atoms with E-state index in [2.05, 4.69) is 0 Å². The number of hydrogen-bond donors (Lipinski definition) is 1. The van der Waals surface area contributed by atoms with E-state index in [9.17, 15) is 9.90 Å². The number of halogens is 1. The van der Waals surface area contributed by atoms with Crippen molar-refractivity contribution in [3.8, 4) is 11.5 Å². The molecule has 21 heavy (non-hydrogen) atoms. The van der Waals surface area contributed by atoms with Crippen LogP contribution in [0.4, 0.5) is 0 Å². The summed E-state index contributed by atoms with van der Waals surface area (Å²) in [5.41, 5.74) is -0.110. The Hall–Kier alpha value is -2.02. The van der Waals surface area contributed by atoms with Crippen molar-refractivity contribution in [3.05, 3.63) is 66.1 Å². The quantitative estimate of drug-likeness (QED) is 0.486. The number of hydrogen-bond acceptors (Lipinski definition) is 4. The number of fused-ring (bicyclic) bond motifs is 1. The predicted molar refractivity (Wildman–Crippen MR) is 74.5 cm³/mol. The van der Waals surface area contributed by atoms with E-state index >= 15 is 0 Å². The molecular formula is C16H12IO4+. The van der Waals surface area contributed by atoms with Crippen molar-refractivity contribution in [2.75, 3.05) is 7.11 Å². The highest BCUT2D eigenvalue weighted by atomic mass is 127. The first kappa shape index (κ1) is 13.9. The van der Waals surface area contributed by atoms with Gasteiger partial charge in [0.2, 0.25) is 0 Å². The molecule has 2 aromatic carbocycles. The van der Waals surface area contributed by atoms with Crippen molar-refractivity contribution in [1.29, 1.82) is 0 Å². The predicted octanol–water partition coefficient (Wildman–Crippen LogP) is -0.364. The Balaban J connectivity index is 2.16. The zero-order valence-corrected chi connectivity index (χ0v) is 13.3. The molecule has 1 heterocycles. The average molecular weight is 395 g/mol. The van der Waals surface area contributed by atoms with E-state index in [0.29, 0.717) is 20.3 Å². The molecule has 0 unspecified atom stereocenters. The fourth-order valence-corrected chi connectivity index (χ4v) is 4.21. The van der Waals surface area contributed by atoms with Gasteiger partial charge in [-0.2, -0.15) is 0 Å². The van der Waals surface area contributed by atoms with Crippen LogP contribution in [0.3, 0.4) is 0 Å². The number of methoxy groups -OCH3 is 1. The van der Waals surface area contributed by atoms with E-state index < -0.39 is 26.8 Å². The summed E-state index contributed by atoms with van der Waals surface area (Å²) in [6.45, 7) is 0. The third kappa shape index (κ3) is 2.73. The molecule has 4 nitrogen and oxygen atoms in total. The first-order valence-electron chi connectivity index (χ1n) is 6.23. The van der Waals surface area contributed by atoms with Crippen molar-refractivity contribution in [2.24, 2.45) is 0 Å². The SMILES string of the molecule is COc1ccc2oc(=O)c([I+]c3ccccc3)c(O)c2c1. The number of ether oxygens (including phenoxy) is 1. The van der Waals surface area contributed by atoms with Crippen LogP contribution in [0.2, 0.25) is 0 Å². The second-order valence-corrected chi connectivity index (χ2v) is 7.17. The molecule has 0 atom stereocenters. The Morgan fingerprint density at radius 3 is 2.62 bits per heavy atom. The minimum atomic E-state index is -0.801. The lowest BCUT2D eigenvalue weighted by atomic mass is 10.2. The lowest BCUT2D eigenvalue weighted by Crippen LogP contribution is -3.62. The summed E-state index contributed by atoms with van der Waals surface area (Å²) < 4.78 is 11.8. The van der Waals surface area contributed by atoms with Crippen LogP contribution in [0.1, 0.15) is 0 Å². The van der Waals surface area contributed by atoms with Gasteiger partial charge in [-0.25, -0.2) is 4.79 Å². The second-order valence-electron chi connectivity index (χ2n) is 4.30. The summed E-state index contributed by atoms with van der Waals surface area (Å²) >= 11 is -0.801. The monoisotopic (exact) mass is 395 g/mol. The topological polar surface area (TPSA) is 59.7 Å². The fraction of sp³-hybridized carbons (Fsp3) is 0.0625. The molecule has 0 amide bonds. The Labute approximate surface area is 131 Å². The van der Waals surface area contributed by atoms with Crippen molar-refractivity contribution in [3.63, 3.8) is 0 Å². The highest BCUT2D eigenvalue weighted by Gasteiger charge is 2.28. The Kier molecular flexibility index (Phi) is 3.83. The van der Waals surface area contributed by atoms with Crippen molar-refractivity contribution < 1.29 is 35.5 Å². The molecule has 3 rings (SSSR count). The summed E-state index contributed by atoms with van der Waals surface area (Å²) in [5.74, 6) is 0.604. The lowest BCUT2D eigenvalue weighted by Gasteiger charge is -2.02. The van der Waals surface area contributed by atoms with Crippen LogP contribution in [0.5, 0.6) is 11.5 Å². The molecule has 0 radical (unpaired) electrons. The molecule has 1 aromatic heterocycles. The van der Waals surface area contributed by atoms with Crippen molar-refractivity contribution >= 4 is 11.0 Å². The molecule has 0 saturated carbocycles. The van der Waals surface area contributed by atoms with E-state index in [0.717, 1.165) is 3.57 Å². The third-order valence-electron chi connectivity index (χ3n) is 2.97. The van der Waals surface area contributed by atoms with Gasteiger partial charge in [0, 0.05) is 0 Å². The maximum Gasteiger partial charge on any atom is 0.394 e. The van der Waals surface area contributed by atoms with E-state index in [-0.39, 0.29) is 5.75 Å². The van der Waals surface area contributed by atoms with Gasteiger partial charge in [-0.05, 0) is 30.3 Å². The van der Waals surface area contributed by atoms with Gasteiger partial charge in [0.05, 0.1) is 12.5 Å². The molecule has 0 spiro atoms. The molecule has 1 N–H and O–H groups in total. The van der Waals surface area contributed by atoms with Gasteiger partial charge < -0.3 is 14.3 Å². The molecule has 5 heteroatoms. The summed E-state index contributed by atoms with van der Waals surface area (Å²) in [4.78, 5) is 12.1. The molecular weight excluding hydrogens is 383 g/mol. The molecule has 0 aliphatic carbocycles. The smallest absolute Gasteiger partial charge is 0.394 e. The molecule has 0 bridgehead atoms. The first-order valence-corrected chi connectivity index (χ1v) is 8.38. The van der Waals surface area contributed by atoms with Gasteiger partial charge in [0.15, 0.2) is 9.32 Å². The summed E-state index contributed by atoms with van der Waals surface area (Å²) in [5, 5.41) is 10.9. The molecule has 0 aliphatic heterocycles. The Morgan fingerprint density at radius 2 is 1.90 bits per heavy atom. The van der Waals surface area contributed by atoms with Crippen LogP contribution in [0.25, 0.3) is 11.0 Å². The minimum absolute atomic E-state index is 0.00296. The molecule has 0 aliphatic rings. The highest BCUT2D eigenvalue weighted by Crippen LogP contribution is 2.26. The maximum atomic E-state index is 12.1. The molecule has 3 aromatic rings. The van der Waals surface area contributed by atoms with Gasteiger partial charge in [0.25, 0.3) is 0 Å². The van der Waals surface area contributed by atoms with Crippen LogP contribution >= 0.6 is 0 Å². The second kappa shape index (κ2) is 5.77. The minimum Gasteiger partial charge on any atom is -0.503 e. The van der Waals surface area contributed by atoms with Gasteiger partial charge in [-0.3, -0.25) is 0 Å². The Bertz CT molecular complexity index is 840. The van der Waals surface area contributed by atoms with E-state index in [4.69, 9.17) is 9.15 Å². The highest BCUT2D eigenvalue weighted by molar-refractivity contribution is 5.83. The van der Waals surface area contributed by atoms with Crippen LogP contribution in [-0.4, -0.2) is 12.2 Å². The van der Waals surface area contributed by atoms with E-state index in [1.54, 1.807) is 25.3 Å². The summed E-state index contributed by atoms with van der Waals surface area (Å²) in [7, 11) is 1.55. The maximum absolute atomic E-state index is 12.1. The van der Waals surface area contributed by atoms with Gasteiger partial charge >= 0.3 is 30.4 Å². The average Bonchev–Trinajstić information content (AvgIpc) is 2.52. The lowest BCUT2D eigenvalue weighted by molar-refractivity contribution is -0.600. The third-order valence-corrected chi connectivity index (χ3v) is 5.80. The summed E-state index contributed by atoms with van der Waals surface area (Å²) in [6, 6.07) is 14.6. The normalized spacial score (nSPS) is 10.7. The number of aromatic hydroxyl groups is 1. The van der Waals surface area contributed by atoms with Crippen molar-refractivity contribution in [1.82, 2.24) is 0 Å². The van der Waals surface area contributed by atoms with Crippen molar-refractivity contribution in [2.45, 2.75) is 0 Å². The first-order chi connectivity index (χ1) is 10.2. The van der Waals surface area contributed by atoms with Gasteiger partial charge in [0.1, 0.15) is 11.3 Å². The standard InChI is InChI=1S/C16H11IO4/c1-20-11-7-8-13-12(9-11)15(18)14(16(19)21-13)17-10-5-3-2-4-6-10/h2-9H,1H3/p+1. The van der Waals surface area contributed by atoms with E-state index in [1.165, 1.54) is 0 Å². The molecule has 0 saturated heterocycles. The fourth-order valence-electron chi connectivity index (χ4n) is 1.94. The largest absolute Gasteiger partial charge is 0.503 e. The number of rotatable bonds is 3. The van der Waals surface area contributed by atoms with Gasteiger partial charge in [-0.1, -0.05) is 18.2 Å². The summed E-state index contributed by atoms with van der Waals surface area (Å²) in [6.07, 6.45) is 0.